The summed E-state index contributed by atoms with van der Waals surface area (Å²) in [6.07, 6.45) is 6.30. The number of amides is 1. The minimum absolute atomic E-state index is 0.0809. The number of hydrogen-bond donors (Lipinski definition) is 1. The van der Waals surface area contributed by atoms with E-state index in [1.54, 1.807) is 6.07 Å². The molecule has 166 valence electrons. The van der Waals surface area contributed by atoms with Gasteiger partial charge in [-0.1, -0.05) is 30.2 Å². The standard InChI is InChI=1S/C26H26ClNO4/c1-16-22-20(31-24(16)25(30)28-14-11-17-5-7-18(27)8-6-17)9-10-21-23(22)19(29)15-26(32-21)12-3-2-4-13-26/h5-10H,2-4,11-15H2,1H3,(H,28,30). The third kappa shape index (κ3) is 3.79. The van der Waals surface area contributed by atoms with Gasteiger partial charge >= 0.3 is 0 Å². The van der Waals surface area contributed by atoms with Gasteiger partial charge in [0.25, 0.3) is 5.91 Å². The molecule has 1 aliphatic carbocycles. The van der Waals surface area contributed by atoms with Crippen molar-refractivity contribution in [3.8, 4) is 5.75 Å². The molecule has 0 radical (unpaired) electrons. The Kier molecular flexibility index (Phi) is 5.46. The molecular formula is C26H26ClNO4. The molecule has 0 unspecified atom stereocenters. The smallest absolute Gasteiger partial charge is 0.287 e. The van der Waals surface area contributed by atoms with Gasteiger partial charge < -0.3 is 14.5 Å². The number of fused-ring (bicyclic) bond motifs is 3. The number of ether oxygens (including phenoxy) is 1. The predicted octanol–water partition coefficient (Wildman–Crippen LogP) is 6.04. The number of carbonyl (C=O) groups excluding carboxylic acids is 2. The first-order valence-corrected chi connectivity index (χ1v) is 11.6. The normalized spacial score (nSPS) is 17.2. The lowest BCUT2D eigenvalue weighted by Crippen LogP contribution is -2.43. The van der Waals surface area contributed by atoms with E-state index in [0.29, 0.717) is 52.3 Å². The van der Waals surface area contributed by atoms with Crippen molar-refractivity contribution < 1.29 is 18.7 Å². The van der Waals surface area contributed by atoms with Crippen molar-refractivity contribution in [2.75, 3.05) is 6.54 Å². The second-order valence-electron chi connectivity index (χ2n) is 8.95. The Morgan fingerprint density at radius 2 is 1.84 bits per heavy atom. The first-order valence-electron chi connectivity index (χ1n) is 11.3. The predicted molar refractivity (Wildman–Crippen MR) is 124 cm³/mol. The largest absolute Gasteiger partial charge is 0.486 e. The fourth-order valence-electron chi connectivity index (χ4n) is 5.08. The Labute approximate surface area is 192 Å². The Hall–Kier alpha value is -2.79. The molecule has 0 bridgehead atoms. The molecule has 1 aliphatic heterocycles. The summed E-state index contributed by atoms with van der Waals surface area (Å²) in [5.74, 6) is 0.663. The quantitative estimate of drug-likeness (QED) is 0.525. The van der Waals surface area contributed by atoms with E-state index in [1.165, 1.54) is 6.42 Å². The van der Waals surface area contributed by atoms with Crippen molar-refractivity contribution in [3.63, 3.8) is 0 Å². The van der Waals surface area contributed by atoms with E-state index in [0.717, 1.165) is 31.2 Å². The molecule has 2 aliphatic rings. The number of aryl methyl sites for hydroxylation is 1. The van der Waals surface area contributed by atoms with Crippen LogP contribution in [0.3, 0.4) is 0 Å². The van der Waals surface area contributed by atoms with Crippen molar-refractivity contribution in [1.82, 2.24) is 5.32 Å². The van der Waals surface area contributed by atoms with E-state index >= 15 is 0 Å². The minimum Gasteiger partial charge on any atom is -0.486 e. The first-order chi connectivity index (χ1) is 15.5. The summed E-state index contributed by atoms with van der Waals surface area (Å²) >= 11 is 5.92. The maximum Gasteiger partial charge on any atom is 0.287 e. The van der Waals surface area contributed by atoms with Crippen LogP contribution in [0, 0.1) is 6.92 Å². The van der Waals surface area contributed by atoms with E-state index in [2.05, 4.69) is 5.32 Å². The summed E-state index contributed by atoms with van der Waals surface area (Å²) in [6, 6.07) is 11.2. The highest BCUT2D eigenvalue weighted by molar-refractivity contribution is 6.30. The molecule has 1 aromatic heterocycles. The lowest BCUT2D eigenvalue weighted by molar-refractivity contribution is 0.0139. The Bertz CT molecular complexity index is 1190. The third-order valence-electron chi connectivity index (χ3n) is 6.73. The SMILES string of the molecule is Cc1c(C(=O)NCCc2ccc(Cl)cc2)oc2ccc3c(c12)C(=O)CC1(CCCCC1)O3. The maximum atomic E-state index is 13.2. The van der Waals surface area contributed by atoms with Crippen LogP contribution in [0.5, 0.6) is 5.75 Å². The van der Waals surface area contributed by atoms with Gasteiger partial charge in [0.15, 0.2) is 11.5 Å². The van der Waals surface area contributed by atoms with E-state index in [-0.39, 0.29) is 23.1 Å². The van der Waals surface area contributed by atoms with Gasteiger partial charge in [0.1, 0.15) is 16.9 Å². The summed E-state index contributed by atoms with van der Waals surface area (Å²) in [6.45, 7) is 2.30. The third-order valence-corrected chi connectivity index (χ3v) is 6.98. The van der Waals surface area contributed by atoms with Gasteiger partial charge in [0, 0.05) is 22.5 Å². The molecule has 6 heteroatoms. The molecule has 5 rings (SSSR count). The van der Waals surface area contributed by atoms with Crippen LogP contribution >= 0.6 is 11.6 Å². The number of benzene rings is 2. The molecule has 3 aromatic rings. The second-order valence-corrected chi connectivity index (χ2v) is 9.38. The Morgan fingerprint density at radius 1 is 1.09 bits per heavy atom. The van der Waals surface area contributed by atoms with Crippen LogP contribution in [0.1, 0.15) is 70.6 Å². The monoisotopic (exact) mass is 451 g/mol. The number of hydrogen-bond acceptors (Lipinski definition) is 4. The fourth-order valence-corrected chi connectivity index (χ4v) is 5.20. The molecule has 1 saturated carbocycles. The fraction of sp³-hybridized carbons (Fsp3) is 0.385. The van der Waals surface area contributed by atoms with E-state index in [4.69, 9.17) is 20.8 Å². The molecule has 0 atom stereocenters. The van der Waals surface area contributed by atoms with Crippen molar-refractivity contribution in [3.05, 3.63) is 63.9 Å². The van der Waals surface area contributed by atoms with Gasteiger partial charge in [0.05, 0.1) is 12.0 Å². The van der Waals surface area contributed by atoms with Crippen molar-refractivity contribution in [2.45, 2.75) is 57.5 Å². The minimum atomic E-state index is -0.366. The molecule has 2 heterocycles. The van der Waals surface area contributed by atoms with Crippen LogP contribution in [-0.2, 0) is 6.42 Å². The highest BCUT2D eigenvalue weighted by Crippen LogP contribution is 2.45. The molecule has 1 N–H and O–H groups in total. The number of nitrogens with one attached hydrogen (secondary N) is 1. The summed E-state index contributed by atoms with van der Waals surface area (Å²) in [5.41, 5.74) is 2.50. The lowest BCUT2D eigenvalue weighted by Gasteiger charge is -2.40. The topological polar surface area (TPSA) is 68.5 Å². The number of rotatable bonds is 4. The summed E-state index contributed by atoms with van der Waals surface area (Å²) in [5, 5.41) is 4.30. The maximum absolute atomic E-state index is 13.2. The number of carbonyl (C=O) groups is 2. The average molecular weight is 452 g/mol. The zero-order valence-electron chi connectivity index (χ0n) is 18.1. The van der Waals surface area contributed by atoms with E-state index < -0.39 is 0 Å². The van der Waals surface area contributed by atoms with Crippen LogP contribution in [0.4, 0.5) is 0 Å². The summed E-state index contributed by atoms with van der Waals surface area (Å²) < 4.78 is 12.3. The van der Waals surface area contributed by atoms with Gasteiger partial charge in [0.2, 0.25) is 0 Å². The van der Waals surface area contributed by atoms with Gasteiger partial charge in [-0.25, -0.2) is 0 Å². The lowest BCUT2D eigenvalue weighted by atomic mass is 9.78. The van der Waals surface area contributed by atoms with Crippen LogP contribution in [0.2, 0.25) is 5.02 Å². The Morgan fingerprint density at radius 3 is 2.59 bits per heavy atom. The molecule has 2 aromatic carbocycles. The Balaban J connectivity index is 1.38. The van der Waals surface area contributed by atoms with Gasteiger partial charge in [-0.15, -0.1) is 0 Å². The summed E-state index contributed by atoms with van der Waals surface area (Å²) in [4.78, 5) is 26.1. The number of Topliss-reactive ketones (excluding diaryl/α,β-unsaturated/α-hetero) is 1. The van der Waals surface area contributed by atoms with Crippen LogP contribution in [0.25, 0.3) is 11.0 Å². The number of ketones is 1. The summed E-state index contributed by atoms with van der Waals surface area (Å²) in [7, 11) is 0. The first kappa shape index (κ1) is 21.1. The van der Waals surface area contributed by atoms with Crippen LogP contribution < -0.4 is 10.1 Å². The number of halogens is 1. The molecule has 32 heavy (non-hydrogen) atoms. The molecule has 0 saturated heterocycles. The van der Waals surface area contributed by atoms with E-state index in [9.17, 15) is 9.59 Å². The second kappa shape index (κ2) is 8.28. The molecular weight excluding hydrogens is 426 g/mol. The highest BCUT2D eigenvalue weighted by atomic mass is 35.5. The molecule has 1 amide bonds. The van der Waals surface area contributed by atoms with Gasteiger partial charge in [-0.3, -0.25) is 9.59 Å². The highest BCUT2D eigenvalue weighted by Gasteiger charge is 2.42. The molecule has 5 nitrogen and oxygen atoms in total. The van der Waals surface area contributed by atoms with Crippen molar-refractivity contribution in [2.24, 2.45) is 0 Å². The van der Waals surface area contributed by atoms with Crippen molar-refractivity contribution >= 4 is 34.3 Å². The van der Waals surface area contributed by atoms with Gasteiger partial charge in [-0.05, 0) is 68.9 Å². The van der Waals surface area contributed by atoms with Gasteiger partial charge in [-0.2, -0.15) is 0 Å². The van der Waals surface area contributed by atoms with Crippen LogP contribution in [-0.4, -0.2) is 23.8 Å². The number of furan rings is 1. The molecule has 1 spiro atoms. The zero-order valence-corrected chi connectivity index (χ0v) is 18.9. The van der Waals surface area contributed by atoms with E-state index in [1.807, 2.05) is 37.3 Å². The van der Waals surface area contributed by atoms with Crippen LogP contribution in [0.15, 0.2) is 40.8 Å². The van der Waals surface area contributed by atoms with Crippen molar-refractivity contribution in [1.29, 1.82) is 0 Å². The average Bonchev–Trinajstić information content (AvgIpc) is 3.12. The molecule has 1 fully saturated rings. The zero-order chi connectivity index (χ0) is 22.3.